The van der Waals surface area contributed by atoms with E-state index in [0.29, 0.717) is 6.61 Å². The van der Waals surface area contributed by atoms with Gasteiger partial charge in [0.2, 0.25) is 0 Å². The van der Waals surface area contributed by atoms with E-state index in [1.165, 1.54) is 0 Å². The van der Waals surface area contributed by atoms with E-state index in [-0.39, 0.29) is 0 Å². The van der Waals surface area contributed by atoms with Gasteiger partial charge in [0.05, 0.1) is 5.41 Å². The summed E-state index contributed by atoms with van der Waals surface area (Å²) in [6, 6.07) is 0. The lowest BCUT2D eigenvalue weighted by Crippen LogP contribution is -2.27. The predicted molar refractivity (Wildman–Crippen MR) is 49.6 cm³/mol. The number of hydrogen-bond acceptors (Lipinski definition) is 2. The summed E-state index contributed by atoms with van der Waals surface area (Å²) in [5.41, 5.74) is -0.418. The van der Waals surface area contributed by atoms with Crippen LogP contribution in [-0.4, -0.2) is 24.8 Å². The third-order valence-corrected chi connectivity index (χ3v) is 3.02. The lowest BCUT2D eigenvalue weighted by molar-refractivity contribution is -0.149. The van der Waals surface area contributed by atoms with Gasteiger partial charge in [0, 0.05) is 13.7 Å². The van der Waals surface area contributed by atoms with Crippen LogP contribution in [0.1, 0.15) is 38.5 Å². The van der Waals surface area contributed by atoms with E-state index in [1.54, 1.807) is 7.11 Å². The normalized spacial score (nSPS) is 20.4. The lowest BCUT2D eigenvalue weighted by Gasteiger charge is -2.23. The number of carboxylic acid groups (broad SMARTS) is 1. The van der Waals surface area contributed by atoms with Gasteiger partial charge < -0.3 is 9.84 Å². The number of carbonyl (C=O) groups is 1. The average Bonchev–Trinajstić information content (AvgIpc) is 2.55. The molecule has 0 saturated heterocycles. The second-order valence-electron chi connectivity index (χ2n) is 3.89. The second-order valence-corrected chi connectivity index (χ2v) is 3.89. The van der Waals surface area contributed by atoms with Gasteiger partial charge in [-0.2, -0.15) is 0 Å². The summed E-state index contributed by atoms with van der Waals surface area (Å²) in [5.74, 6) is -0.610. The van der Waals surface area contributed by atoms with Crippen LogP contribution in [0, 0.1) is 5.41 Å². The largest absolute Gasteiger partial charge is 0.481 e. The average molecular weight is 186 g/mol. The number of methoxy groups -OCH3 is 1. The van der Waals surface area contributed by atoms with Gasteiger partial charge in [-0.3, -0.25) is 4.79 Å². The van der Waals surface area contributed by atoms with Crippen molar-refractivity contribution in [3.8, 4) is 0 Å². The SMILES string of the molecule is COCCCC1(C(=O)O)CCCC1. The number of ether oxygens (including phenoxy) is 1. The fourth-order valence-electron chi connectivity index (χ4n) is 2.18. The fraction of sp³-hybridized carbons (Fsp3) is 0.900. The van der Waals surface area contributed by atoms with Gasteiger partial charge in [-0.05, 0) is 25.7 Å². The van der Waals surface area contributed by atoms with Crippen LogP contribution in [0.3, 0.4) is 0 Å². The van der Waals surface area contributed by atoms with Crippen LogP contribution in [0.4, 0.5) is 0 Å². The van der Waals surface area contributed by atoms with E-state index in [1.807, 2.05) is 0 Å². The molecule has 1 rings (SSSR count). The minimum absolute atomic E-state index is 0.418. The molecule has 0 spiro atoms. The highest BCUT2D eigenvalue weighted by molar-refractivity contribution is 5.74. The first-order valence-corrected chi connectivity index (χ1v) is 4.94. The van der Waals surface area contributed by atoms with Crippen molar-refractivity contribution in [3.05, 3.63) is 0 Å². The van der Waals surface area contributed by atoms with Gasteiger partial charge in [-0.15, -0.1) is 0 Å². The van der Waals surface area contributed by atoms with Gasteiger partial charge in [-0.1, -0.05) is 12.8 Å². The quantitative estimate of drug-likeness (QED) is 0.668. The topological polar surface area (TPSA) is 46.5 Å². The summed E-state index contributed by atoms with van der Waals surface area (Å²) in [6.07, 6.45) is 5.48. The molecule has 0 aliphatic heterocycles. The third kappa shape index (κ3) is 2.44. The van der Waals surface area contributed by atoms with E-state index in [4.69, 9.17) is 9.84 Å². The Labute approximate surface area is 79.1 Å². The number of rotatable bonds is 5. The molecule has 0 aromatic rings. The van der Waals surface area contributed by atoms with Crippen LogP contribution in [0.2, 0.25) is 0 Å². The molecule has 0 atom stereocenters. The molecule has 1 N–H and O–H groups in total. The van der Waals surface area contributed by atoms with Crippen molar-refractivity contribution in [1.82, 2.24) is 0 Å². The predicted octanol–water partition coefficient (Wildman–Crippen LogP) is 2.06. The molecule has 0 unspecified atom stereocenters. The maximum Gasteiger partial charge on any atom is 0.309 e. The Balaban J connectivity index is 2.43. The highest BCUT2D eigenvalue weighted by atomic mass is 16.5. The van der Waals surface area contributed by atoms with E-state index in [9.17, 15) is 4.79 Å². The molecular formula is C10H18O3. The maximum atomic E-state index is 11.1. The van der Waals surface area contributed by atoms with E-state index < -0.39 is 11.4 Å². The number of carboxylic acids is 1. The molecule has 0 aromatic heterocycles. The summed E-state index contributed by atoms with van der Waals surface area (Å²) in [6.45, 7) is 0.676. The Morgan fingerprint density at radius 2 is 2.08 bits per heavy atom. The Morgan fingerprint density at radius 1 is 1.46 bits per heavy atom. The minimum atomic E-state index is -0.610. The molecule has 76 valence electrons. The smallest absolute Gasteiger partial charge is 0.309 e. The standard InChI is InChI=1S/C10H18O3/c1-13-8-4-7-10(9(11)12)5-2-3-6-10/h2-8H2,1H3,(H,11,12). The minimum Gasteiger partial charge on any atom is -0.481 e. The first-order valence-electron chi connectivity index (χ1n) is 4.94. The Kier molecular flexibility index (Phi) is 3.72. The van der Waals surface area contributed by atoms with Crippen molar-refractivity contribution in [2.45, 2.75) is 38.5 Å². The molecule has 0 aromatic carbocycles. The number of hydrogen-bond donors (Lipinski definition) is 1. The van der Waals surface area contributed by atoms with Crippen LogP contribution < -0.4 is 0 Å². The van der Waals surface area contributed by atoms with Crippen LogP contribution in [-0.2, 0) is 9.53 Å². The van der Waals surface area contributed by atoms with Crippen molar-refractivity contribution < 1.29 is 14.6 Å². The molecule has 0 amide bonds. The molecule has 3 heteroatoms. The molecule has 1 saturated carbocycles. The second kappa shape index (κ2) is 4.61. The first-order chi connectivity index (χ1) is 6.21. The zero-order valence-corrected chi connectivity index (χ0v) is 8.21. The molecule has 1 fully saturated rings. The Bertz CT molecular complexity index is 171. The zero-order valence-electron chi connectivity index (χ0n) is 8.21. The molecule has 1 aliphatic carbocycles. The summed E-state index contributed by atoms with van der Waals surface area (Å²) >= 11 is 0. The first kappa shape index (κ1) is 10.5. The van der Waals surface area contributed by atoms with E-state index in [2.05, 4.69) is 0 Å². The molecule has 0 radical (unpaired) electrons. The number of aliphatic carboxylic acids is 1. The Hall–Kier alpha value is -0.570. The monoisotopic (exact) mass is 186 g/mol. The van der Waals surface area contributed by atoms with Crippen molar-refractivity contribution in [1.29, 1.82) is 0 Å². The van der Waals surface area contributed by atoms with Crippen molar-refractivity contribution >= 4 is 5.97 Å². The van der Waals surface area contributed by atoms with E-state index >= 15 is 0 Å². The van der Waals surface area contributed by atoms with Crippen LogP contribution in [0.5, 0.6) is 0 Å². The van der Waals surface area contributed by atoms with Crippen molar-refractivity contribution in [2.24, 2.45) is 5.41 Å². The highest BCUT2D eigenvalue weighted by Gasteiger charge is 2.40. The molecule has 13 heavy (non-hydrogen) atoms. The van der Waals surface area contributed by atoms with Crippen molar-refractivity contribution in [3.63, 3.8) is 0 Å². The molecule has 0 heterocycles. The van der Waals surface area contributed by atoms with E-state index in [0.717, 1.165) is 38.5 Å². The zero-order chi connectivity index (χ0) is 9.73. The summed E-state index contributed by atoms with van der Waals surface area (Å²) in [5, 5.41) is 9.12. The fourth-order valence-corrected chi connectivity index (χ4v) is 2.18. The third-order valence-electron chi connectivity index (χ3n) is 3.02. The molecule has 3 nitrogen and oxygen atoms in total. The highest BCUT2D eigenvalue weighted by Crippen LogP contribution is 2.42. The van der Waals surface area contributed by atoms with Crippen LogP contribution in [0.15, 0.2) is 0 Å². The maximum absolute atomic E-state index is 11.1. The molecule has 0 bridgehead atoms. The van der Waals surface area contributed by atoms with Crippen LogP contribution >= 0.6 is 0 Å². The van der Waals surface area contributed by atoms with Crippen LogP contribution in [0.25, 0.3) is 0 Å². The van der Waals surface area contributed by atoms with Gasteiger partial charge >= 0.3 is 5.97 Å². The molecular weight excluding hydrogens is 168 g/mol. The van der Waals surface area contributed by atoms with Gasteiger partial charge in [0.15, 0.2) is 0 Å². The summed E-state index contributed by atoms with van der Waals surface area (Å²) in [7, 11) is 1.65. The van der Waals surface area contributed by atoms with Gasteiger partial charge in [-0.25, -0.2) is 0 Å². The van der Waals surface area contributed by atoms with Gasteiger partial charge in [0.25, 0.3) is 0 Å². The molecule has 1 aliphatic rings. The summed E-state index contributed by atoms with van der Waals surface area (Å²) < 4.78 is 4.93. The summed E-state index contributed by atoms with van der Waals surface area (Å²) in [4.78, 5) is 11.1. The Morgan fingerprint density at radius 3 is 2.54 bits per heavy atom. The van der Waals surface area contributed by atoms with Crippen molar-refractivity contribution in [2.75, 3.05) is 13.7 Å². The lowest BCUT2D eigenvalue weighted by atomic mass is 9.82. The van der Waals surface area contributed by atoms with Gasteiger partial charge in [0.1, 0.15) is 0 Å².